The molecule has 0 saturated carbocycles. The van der Waals surface area contributed by atoms with E-state index in [1.807, 2.05) is 11.6 Å². The summed E-state index contributed by atoms with van der Waals surface area (Å²) in [7, 11) is 0. The average Bonchev–Trinajstić information content (AvgIpc) is 2.72. The van der Waals surface area contributed by atoms with Gasteiger partial charge in [-0.25, -0.2) is 4.98 Å². The molecule has 3 nitrogen and oxygen atoms in total. The van der Waals surface area contributed by atoms with Crippen molar-refractivity contribution in [2.45, 2.75) is 31.8 Å². The largest absolute Gasteiger partial charge is 0.315 e. The molecule has 0 radical (unpaired) electrons. The van der Waals surface area contributed by atoms with Gasteiger partial charge in [-0.2, -0.15) is 0 Å². The van der Waals surface area contributed by atoms with Crippen molar-refractivity contribution >= 4 is 23.7 Å². The summed E-state index contributed by atoms with van der Waals surface area (Å²) in [5, 5.41) is 10.2. The Bertz CT molecular complexity index is 260. The number of nitrogens with one attached hydrogen (secondary N) is 2. The molecule has 1 aromatic rings. The van der Waals surface area contributed by atoms with Gasteiger partial charge in [-0.15, -0.1) is 23.7 Å². The molecule has 0 spiro atoms. The fourth-order valence-electron chi connectivity index (χ4n) is 1.87. The van der Waals surface area contributed by atoms with Gasteiger partial charge in [0.2, 0.25) is 0 Å². The molecule has 1 saturated heterocycles. The highest BCUT2D eigenvalue weighted by atomic mass is 35.5. The number of nitrogens with zero attached hydrogens (tertiary/aromatic N) is 1. The van der Waals surface area contributed by atoms with E-state index >= 15 is 0 Å². The molecular weight excluding hydrogens is 230 g/mol. The van der Waals surface area contributed by atoms with E-state index in [4.69, 9.17) is 0 Å². The third-order valence-electron chi connectivity index (χ3n) is 2.60. The number of thiazole rings is 1. The number of hydrogen-bond acceptors (Lipinski definition) is 4. The van der Waals surface area contributed by atoms with Crippen molar-refractivity contribution in [1.82, 2.24) is 15.6 Å². The van der Waals surface area contributed by atoms with Crippen molar-refractivity contribution < 1.29 is 0 Å². The van der Waals surface area contributed by atoms with Crippen LogP contribution < -0.4 is 10.6 Å². The topological polar surface area (TPSA) is 37.0 Å². The van der Waals surface area contributed by atoms with Crippen LogP contribution in [0, 0.1) is 0 Å². The molecule has 2 N–H and O–H groups in total. The Morgan fingerprint density at radius 3 is 3.13 bits per heavy atom. The van der Waals surface area contributed by atoms with Crippen molar-refractivity contribution in [3.05, 3.63) is 16.6 Å². The van der Waals surface area contributed by atoms with Gasteiger partial charge in [0, 0.05) is 24.2 Å². The van der Waals surface area contributed by atoms with Crippen LogP contribution in [0.1, 0.15) is 30.8 Å². The first-order chi connectivity index (χ1) is 6.86. The van der Waals surface area contributed by atoms with Gasteiger partial charge in [-0.1, -0.05) is 0 Å². The molecule has 0 bridgehead atoms. The third-order valence-corrected chi connectivity index (χ3v) is 3.56. The van der Waals surface area contributed by atoms with E-state index in [2.05, 4.69) is 22.5 Å². The van der Waals surface area contributed by atoms with E-state index in [9.17, 15) is 0 Å². The standard InChI is InChI=1S/C10H17N3S.ClH/c1-8(10-12-5-6-14-10)13-9-3-2-4-11-7-9;/h5-6,8-9,11,13H,2-4,7H2,1H3;1H. The van der Waals surface area contributed by atoms with Gasteiger partial charge in [0.25, 0.3) is 0 Å². The predicted octanol–water partition coefficient (Wildman–Crippen LogP) is 1.97. The lowest BCUT2D eigenvalue weighted by Gasteiger charge is -2.26. The van der Waals surface area contributed by atoms with Gasteiger partial charge in [-0.05, 0) is 26.3 Å². The van der Waals surface area contributed by atoms with Crippen LogP contribution in [0.15, 0.2) is 11.6 Å². The zero-order chi connectivity index (χ0) is 9.80. The van der Waals surface area contributed by atoms with Crippen LogP contribution in [0.25, 0.3) is 0 Å². The lowest BCUT2D eigenvalue weighted by Crippen LogP contribution is -2.43. The number of aromatic nitrogens is 1. The Hall–Kier alpha value is -0.160. The van der Waals surface area contributed by atoms with Crippen molar-refractivity contribution in [2.75, 3.05) is 13.1 Å². The number of halogens is 1. The molecular formula is C10H18ClN3S. The molecule has 2 unspecified atom stereocenters. The average molecular weight is 248 g/mol. The first-order valence-electron chi connectivity index (χ1n) is 5.22. The fourth-order valence-corrected chi connectivity index (χ4v) is 2.52. The second-order valence-corrected chi connectivity index (χ2v) is 4.73. The van der Waals surface area contributed by atoms with Crippen molar-refractivity contribution in [3.63, 3.8) is 0 Å². The first kappa shape index (κ1) is 12.9. The Labute approximate surface area is 101 Å². The van der Waals surface area contributed by atoms with Crippen molar-refractivity contribution in [1.29, 1.82) is 0 Å². The van der Waals surface area contributed by atoms with Gasteiger partial charge in [0.1, 0.15) is 5.01 Å². The molecule has 0 aromatic carbocycles. The molecule has 0 amide bonds. The van der Waals surface area contributed by atoms with E-state index < -0.39 is 0 Å². The highest BCUT2D eigenvalue weighted by Crippen LogP contribution is 2.16. The van der Waals surface area contributed by atoms with Crippen LogP contribution >= 0.6 is 23.7 Å². The maximum absolute atomic E-state index is 4.32. The van der Waals surface area contributed by atoms with Gasteiger partial charge >= 0.3 is 0 Å². The van der Waals surface area contributed by atoms with Gasteiger partial charge in [-0.3, -0.25) is 0 Å². The van der Waals surface area contributed by atoms with E-state index in [0.717, 1.165) is 6.54 Å². The summed E-state index contributed by atoms with van der Waals surface area (Å²) in [5.74, 6) is 0. The summed E-state index contributed by atoms with van der Waals surface area (Å²) in [6, 6.07) is 1.00. The molecule has 2 atom stereocenters. The second kappa shape index (κ2) is 6.43. The number of hydrogen-bond donors (Lipinski definition) is 2. The molecule has 2 rings (SSSR count). The zero-order valence-corrected chi connectivity index (χ0v) is 10.5. The lowest BCUT2D eigenvalue weighted by atomic mass is 10.1. The Balaban J connectivity index is 0.00000112. The van der Waals surface area contributed by atoms with Crippen LogP contribution in [-0.2, 0) is 0 Å². The molecule has 15 heavy (non-hydrogen) atoms. The minimum absolute atomic E-state index is 0. The Morgan fingerprint density at radius 1 is 1.67 bits per heavy atom. The second-order valence-electron chi connectivity index (χ2n) is 3.80. The quantitative estimate of drug-likeness (QED) is 0.858. The van der Waals surface area contributed by atoms with Gasteiger partial charge in [0.15, 0.2) is 0 Å². The summed E-state index contributed by atoms with van der Waals surface area (Å²) >= 11 is 1.73. The summed E-state index contributed by atoms with van der Waals surface area (Å²) in [6.07, 6.45) is 4.43. The minimum Gasteiger partial charge on any atom is -0.315 e. The maximum Gasteiger partial charge on any atom is 0.109 e. The molecule has 86 valence electrons. The van der Waals surface area contributed by atoms with Crippen molar-refractivity contribution in [3.8, 4) is 0 Å². The SMILES string of the molecule is CC(NC1CCCNC1)c1nccs1.Cl. The van der Waals surface area contributed by atoms with E-state index in [-0.39, 0.29) is 12.4 Å². The van der Waals surface area contributed by atoms with Crippen LogP contribution in [0.2, 0.25) is 0 Å². The zero-order valence-electron chi connectivity index (χ0n) is 8.90. The number of piperidine rings is 1. The van der Waals surface area contributed by atoms with Crippen LogP contribution in [0.4, 0.5) is 0 Å². The maximum atomic E-state index is 4.32. The summed E-state index contributed by atoms with van der Waals surface area (Å²) < 4.78 is 0. The highest BCUT2D eigenvalue weighted by molar-refractivity contribution is 7.09. The molecule has 1 aliphatic heterocycles. The Morgan fingerprint density at radius 2 is 2.53 bits per heavy atom. The smallest absolute Gasteiger partial charge is 0.109 e. The van der Waals surface area contributed by atoms with E-state index in [1.54, 1.807) is 11.3 Å². The molecule has 1 aromatic heterocycles. The molecule has 5 heteroatoms. The van der Waals surface area contributed by atoms with Gasteiger partial charge < -0.3 is 10.6 Å². The molecule has 0 aliphatic carbocycles. The molecule has 1 fully saturated rings. The molecule has 1 aliphatic rings. The van der Waals surface area contributed by atoms with Crippen LogP contribution in [0.5, 0.6) is 0 Å². The fraction of sp³-hybridized carbons (Fsp3) is 0.700. The molecule has 2 heterocycles. The summed E-state index contributed by atoms with van der Waals surface area (Å²) in [5.41, 5.74) is 0. The lowest BCUT2D eigenvalue weighted by molar-refractivity contribution is 0.361. The predicted molar refractivity (Wildman–Crippen MR) is 66.8 cm³/mol. The van der Waals surface area contributed by atoms with Crippen molar-refractivity contribution in [2.24, 2.45) is 0 Å². The third kappa shape index (κ3) is 3.72. The summed E-state index contributed by atoms with van der Waals surface area (Å²) in [4.78, 5) is 4.32. The first-order valence-corrected chi connectivity index (χ1v) is 6.10. The number of rotatable bonds is 3. The van der Waals surface area contributed by atoms with Gasteiger partial charge in [0.05, 0.1) is 6.04 Å². The van der Waals surface area contributed by atoms with Crippen LogP contribution in [0.3, 0.4) is 0 Å². The van der Waals surface area contributed by atoms with Crippen LogP contribution in [-0.4, -0.2) is 24.1 Å². The highest BCUT2D eigenvalue weighted by Gasteiger charge is 2.16. The Kier molecular flexibility index (Phi) is 5.53. The normalized spacial score (nSPS) is 23.1. The minimum atomic E-state index is 0. The van der Waals surface area contributed by atoms with E-state index in [0.29, 0.717) is 12.1 Å². The monoisotopic (exact) mass is 247 g/mol. The van der Waals surface area contributed by atoms with E-state index in [1.165, 1.54) is 24.4 Å². The summed E-state index contributed by atoms with van der Waals surface area (Å²) in [6.45, 7) is 4.45.